The Hall–Kier alpha value is -6.53. The van der Waals surface area contributed by atoms with Crippen LogP contribution in [0.5, 0.6) is 11.5 Å². The Bertz CT molecular complexity index is 2290. The fraction of sp³-hybridized carbons (Fsp3) is 0.0769. The summed E-state index contributed by atoms with van der Waals surface area (Å²) in [7, 11) is -2.42. The Morgan fingerprint density at radius 2 is 1.41 bits per heavy atom. The number of methoxy groups -OCH3 is 1. The molecular formula is C39H30N4O7S. The number of amidine groups is 1. The maximum atomic E-state index is 13.9. The fourth-order valence-electron chi connectivity index (χ4n) is 5.50. The highest BCUT2D eigenvalue weighted by atomic mass is 32.2. The molecule has 2 heterocycles. The molecule has 2 amide bonds. The van der Waals surface area contributed by atoms with Gasteiger partial charge in [0.25, 0.3) is 5.91 Å². The molecule has 0 fully saturated rings. The van der Waals surface area contributed by atoms with Gasteiger partial charge in [0.1, 0.15) is 27.9 Å². The van der Waals surface area contributed by atoms with E-state index in [1.54, 1.807) is 79.9 Å². The fourth-order valence-corrected chi connectivity index (χ4v) is 6.45. The highest BCUT2D eigenvalue weighted by molar-refractivity contribution is 7.87. The lowest BCUT2D eigenvalue weighted by atomic mass is 10.1. The monoisotopic (exact) mass is 698 g/mol. The van der Waals surface area contributed by atoms with Gasteiger partial charge in [0.2, 0.25) is 18.0 Å². The number of hydrogen-bond acceptors (Lipinski definition) is 9. The van der Waals surface area contributed by atoms with Crippen LogP contribution in [0.15, 0.2) is 154 Å². The average Bonchev–Trinajstić information content (AvgIpc) is 3.75. The van der Waals surface area contributed by atoms with Crippen molar-refractivity contribution < 1.29 is 31.7 Å². The number of hydrazone groups is 1. The van der Waals surface area contributed by atoms with Crippen molar-refractivity contribution in [3.8, 4) is 11.5 Å². The van der Waals surface area contributed by atoms with E-state index in [0.29, 0.717) is 28.4 Å². The molecule has 0 saturated carbocycles. The van der Waals surface area contributed by atoms with E-state index in [0.717, 1.165) is 11.1 Å². The van der Waals surface area contributed by atoms with E-state index in [-0.39, 0.29) is 34.1 Å². The predicted molar refractivity (Wildman–Crippen MR) is 191 cm³/mol. The number of benzene rings is 5. The predicted octanol–water partition coefficient (Wildman–Crippen LogP) is 6.54. The molecule has 2 aliphatic heterocycles. The number of carbonyl (C=O) groups excluding carboxylic acids is 2. The minimum atomic E-state index is -4.00. The lowest BCUT2D eigenvalue weighted by Gasteiger charge is -2.20. The maximum absolute atomic E-state index is 13.9. The molecule has 5 aromatic rings. The summed E-state index contributed by atoms with van der Waals surface area (Å²) in [6, 6.07) is 37.8. The van der Waals surface area contributed by atoms with Gasteiger partial charge >= 0.3 is 10.1 Å². The topological polar surface area (TPSA) is 127 Å². The number of nitrogens with zero attached hydrogens (tertiary/aromatic N) is 4. The van der Waals surface area contributed by atoms with E-state index in [2.05, 4.69) is 5.10 Å². The van der Waals surface area contributed by atoms with Crippen LogP contribution >= 0.6 is 0 Å². The van der Waals surface area contributed by atoms with E-state index < -0.39 is 16.3 Å². The minimum absolute atomic E-state index is 0.0446. The Morgan fingerprint density at radius 1 is 0.784 bits per heavy atom. The standard InChI is InChI=1S/C39H30N4O7S/c1-26(44)43-39(30-17-23-32(48-2)24-18-30)49-37(41-43)29-15-19-31(20-16-29)42-36(28-9-5-3-6-10-28)40-35(38(42)45)25-27-13-21-33(22-14-27)50-51(46,47)34-11-7-4-8-12-34/h3-25,39H,1-2H3/b35-25-. The molecule has 0 N–H and O–H groups in total. The van der Waals surface area contributed by atoms with Gasteiger partial charge in [-0.05, 0) is 84.4 Å². The third-order valence-corrected chi connectivity index (χ3v) is 9.32. The SMILES string of the molecule is COc1ccc(C2OC(c3ccc(N4C(=O)/C(=C/c5ccc(OS(=O)(=O)c6ccccc6)cc5)N=C4c4ccccc4)cc3)=NN2C(C)=O)cc1. The quantitative estimate of drug-likeness (QED) is 0.126. The number of anilines is 1. The van der Waals surface area contributed by atoms with E-state index >= 15 is 0 Å². The minimum Gasteiger partial charge on any atom is -0.497 e. The van der Waals surface area contributed by atoms with Crippen molar-refractivity contribution in [3.05, 3.63) is 161 Å². The van der Waals surface area contributed by atoms with Gasteiger partial charge in [-0.1, -0.05) is 60.7 Å². The Balaban J connectivity index is 1.14. The normalized spacial score (nSPS) is 16.5. The van der Waals surface area contributed by atoms with Gasteiger partial charge < -0.3 is 13.7 Å². The van der Waals surface area contributed by atoms with E-state index in [4.69, 9.17) is 18.6 Å². The highest BCUT2D eigenvalue weighted by Crippen LogP contribution is 2.33. The summed E-state index contributed by atoms with van der Waals surface area (Å²) in [5.74, 6) is 0.858. The lowest BCUT2D eigenvalue weighted by Crippen LogP contribution is -2.32. The molecule has 1 unspecified atom stereocenters. The summed E-state index contributed by atoms with van der Waals surface area (Å²) in [6.45, 7) is 1.42. The zero-order valence-electron chi connectivity index (χ0n) is 27.4. The zero-order valence-corrected chi connectivity index (χ0v) is 28.2. The number of rotatable bonds is 9. The summed E-state index contributed by atoms with van der Waals surface area (Å²) in [5.41, 5.74) is 3.43. The van der Waals surface area contributed by atoms with Crippen molar-refractivity contribution >= 4 is 45.4 Å². The molecule has 11 nitrogen and oxygen atoms in total. The third kappa shape index (κ3) is 6.85. The van der Waals surface area contributed by atoms with Gasteiger partial charge in [-0.3, -0.25) is 14.5 Å². The number of carbonyl (C=O) groups is 2. The smallest absolute Gasteiger partial charge is 0.339 e. The molecule has 51 heavy (non-hydrogen) atoms. The van der Waals surface area contributed by atoms with Crippen molar-refractivity contribution in [2.24, 2.45) is 10.1 Å². The Morgan fingerprint density at radius 3 is 2.04 bits per heavy atom. The second-order valence-electron chi connectivity index (χ2n) is 11.5. The molecule has 254 valence electrons. The molecule has 5 aromatic carbocycles. The first-order chi connectivity index (χ1) is 24.7. The first-order valence-corrected chi connectivity index (χ1v) is 17.2. The van der Waals surface area contributed by atoms with Gasteiger partial charge in [0.05, 0.1) is 12.8 Å². The average molecular weight is 699 g/mol. The van der Waals surface area contributed by atoms with Crippen LogP contribution < -0.4 is 13.8 Å². The van der Waals surface area contributed by atoms with Crippen LogP contribution in [0.2, 0.25) is 0 Å². The first kappa shape index (κ1) is 33.0. The van der Waals surface area contributed by atoms with Gasteiger partial charge in [-0.25, -0.2) is 4.99 Å². The molecule has 0 radical (unpaired) electrons. The summed E-state index contributed by atoms with van der Waals surface area (Å²) in [6.07, 6.45) is 0.882. The van der Waals surface area contributed by atoms with Crippen LogP contribution in [0.4, 0.5) is 5.69 Å². The van der Waals surface area contributed by atoms with Gasteiger partial charge in [-0.2, -0.15) is 13.4 Å². The van der Waals surface area contributed by atoms with Crippen molar-refractivity contribution in [1.82, 2.24) is 5.01 Å². The molecular weight excluding hydrogens is 669 g/mol. The number of ether oxygens (including phenoxy) is 2. The van der Waals surface area contributed by atoms with Gasteiger partial charge in [0.15, 0.2) is 0 Å². The lowest BCUT2D eigenvalue weighted by molar-refractivity contribution is -0.135. The molecule has 0 saturated heterocycles. The molecule has 1 atom stereocenters. The van der Waals surface area contributed by atoms with Gasteiger partial charge in [0, 0.05) is 23.6 Å². The van der Waals surface area contributed by atoms with Crippen LogP contribution in [0.3, 0.4) is 0 Å². The summed E-state index contributed by atoms with van der Waals surface area (Å²) < 4.78 is 42.0. The van der Waals surface area contributed by atoms with Crippen molar-refractivity contribution in [3.63, 3.8) is 0 Å². The number of aliphatic imine (C=N–C) groups is 1. The van der Waals surface area contributed by atoms with E-state index in [1.165, 1.54) is 41.1 Å². The van der Waals surface area contributed by atoms with Gasteiger partial charge in [-0.15, -0.1) is 5.10 Å². The van der Waals surface area contributed by atoms with Crippen LogP contribution in [-0.4, -0.2) is 44.1 Å². The van der Waals surface area contributed by atoms with Crippen LogP contribution in [0, 0.1) is 0 Å². The van der Waals surface area contributed by atoms with Crippen LogP contribution in [-0.2, 0) is 24.4 Å². The highest BCUT2D eigenvalue weighted by Gasteiger charge is 2.35. The molecule has 0 spiro atoms. The molecule has 0 aliphatic carbocycles. The maximum Gasteiger partial charge on any atom is 0.339 e. The number of amides is 2. The van der Waals surface area contributed by atoms with Crippen molar-refractivity contribution in [2.45, 2.75) is 18.0 Å². The summed E-state index contributed by atoms with van der Waals surface area (Å²) in [4.78, 5) is 32.7. The number of hydrogen-bond donors (Lipinski definition) is 0. The van der Waals surface area contributed by atoms with Crippen LogP contribution in [0.1, 0.15) is 35.4 Å². The summed E-state index contributed by atoms with van der Waals surface area (Å²) in [5, 5.41) is 5.74. The largest absolute Gasteiger partial charge is 0.497 e. The van der Waals surface area contributed by atoms with E-state index in [1.807, 2.05) is 42.5 Å². The molecule has 12 heteroatoms. The first-order valence-electron chi connectivity index (χ1n) is 15.8. The van der Waals surface area contributed by atoms with Crippen molar-refractivity contribution in [1.29, 1.82) is 0 Å². The molecule has 7 rings (SSSR count). The Labute approximate surface area is 294 Å². The zero-order chi connectivity index (χ0) is 35.5. The van der Waals surface area contributed by atoms with Crippen molar-refractivity contribution in [2.75, 3.05) is 12.0 Å². The molecule has 2 aliphatic rings. The molecule has 0 bridgehead atoms. The molecule has 0 aromatic heterocycles. The van der Waals surface area contributed by atoms with Crippen LogP contribution in [0.25, 0.3) is 6.08 Å². The van der Waals surface area contributed by atoms with E-state index in [9.17, 15) is 18.0 Å². The second kappa shape index (κ2) is 13.8. The summed E-state index contributed by atoms with van der Waals surface area (Å²) >= 11 is 0. The second-order valence-corrected chi connectivity index (χ2v) is 13.0. The Kier molecular flexibility index (Phi) is 8.90. The third-order valence-electron chi connectivity index (χ3n) is 8.05.